The summed E-state index contributed by atoms with van der Waals surface area (Å²) >= 11 is 0. The lowest BCUT2D eigenvalue weighted by Crippen LogP contribution is -2.51. The number of carbonyl (C=O) groups excluding carboxylic acids is 1. The first-order valence-corrected chi connectivity index (χ1v) is 6.36. The van der Waals surface area contributed by atoms with Gasteiger partial charge in [0.25, 0.3) is 0 Å². The molecular weight excluding hydrogens is 188 g/mol. The maximum atomic E-state index is 12.1. The number of hydrogen-bond donors (Lipinski definition) is 1. The van der Waals surface area contributed by atoms with Gasteiger partial charge in [0.15, 0.2) is 0 Å². The van der Waals surface area contributed by atoms with E-state index in [-0.39, 0.29) is 6.04 Å². The lowest BCUT2D eigenvalue weighted by Gasteiger charge is -2.32. The Kier molecular flexibility index (Phi) is 3.62. The molecule has 1 unspecified atom stereocenters. The SMILES string of the molecule is CCCCN1CCCC(NC2CC2)C1=O. The van der Waals surface area contributed by atoms with Gasteiger partial charge in [0.2, 0.25) is 5.91 Å². The predicted octanol–water partition coefficient (Wildman–Crippen LogP) is 1.53. The van der Waals surface area contributed by atoms with E-state index < -0.39 is 0 Å². The number of likely N-dealkylation sites (tertiary alicyclic amines) is 1. The molecule has 0 aromatic carbocycles. The molecule has 1 N–H and O–H groups in total. The topological polar surface area (TPSA) is 32.3 Å². The molecule has 1 heterocycles. The summed E-state index contributed by atoms with van der Waals surface area (Å²) in [5.41, 5.74) is 0. The van der Waals surface area contributed by atoms with E-state index in [1.165, 1.54) is 25.7 Å². The quantitative estimate of drug-likeness (QED) is 0.746. The first-order chi connectivity index (χ1) is 7.31. The van der Waals surface area contributed by atoms with Crippen molar-refractivity contribution in [2.24, 2.45) is 0 Å². The van der Waals surface area contributed by atoms with Crippen molar-refractivity contribution in [2.75, 3.05) is 13.1 Å². The van der Waals surface area contributed by atoms with Crippen LogP contribution in [0.5, 0.6) is 0 Å². The molecule has 0 aromatic rings. The van der Waals surface area contributed by atoms with E-state index in [9.17, 15) is 4.79 Å². The van der Waals surface area contributed by atoms with Crippen molar-refractivity contribution < 1.29 is 4.79 Å². The Hall–Kier alpha value is -0.570. The van der Waals surface area contributed by atoms with Crippen molar-refractivity contribution in [3.8, 4) is 0 Å². The van der Waals surface area contributed by atoms with Gasteiger partial charge < -0.3 is 10.2 Å². The molecule has 15 heavy (non-hydrogen) atoms. The van der Waals surface area contributed by atoms with E-state index in [0.29, 0.717) is 11.9 Å². The third-order valence-corrected chi connectivity index (χ3v) is 3.33. The molecule has 0 spiro atoms. The van der Waals surface area contributed by atoms with Gasteiger partial charge in [0, 0.05) is 19.1 Å². The summed E-state index contributed by atoms with van der Waals surface area (Å²) in [4.78, 5) is 14.1. The van der Waals surface area contributed by atoms with Crippen molar-refractivity contribution in [3.05, 3.63) is 0 Å². The van der Waals surface area contributed by atoms with Gasteiger partial charge in [-0.2, -0.15) is 0 Å². The van der Waals surface area contributed by atoms with E-state index in [1.54, 1.807) is 0 Å². The van der Waals surface area contributed by atoms with Crippen molar-refractivity contribution in [1.29, 1.82) is 0 Å². The summed E-state index contributed by atoms with van der Waals surface area (Å²) in [7, 11) is 0. The molecular formula is C12H22N2O. The number of piperidine rings is 1. The lowest BCUT2D eigenvalue weighted by molar-refractivity contribution is -0.136. The monoisotopic (exact) mass is 210 g/mol. The number of amides is 1. The summed E-state index contributed by atoms with van der Waals surface area (Å²) < 4.78 is 0. The normalized spacial score (nSPS) is 27.1. The first kappa shape index (κ1) is 10.9. The Bertz CT molecular complexity index is 226. The van der Waals surface area contributed by atoms with Gasteiger partial charge in [0.1, 0.15) is 0 Å². The molecule has 2 aliphatic rings. The molecule has 0 aromatic heterocycles. The zero-order valence-corrected chi connectivity index (χ0v) is 9.67. The molecule has 3 heteroatoms. The Labute approximate surface area is 92.2 Å². The molecule has 1 amide bonds. The maximum Gasteiger partial charge on any atom is 0.239 e. The van der Waals surface area contributed by atoms with Crippen molar-refractivity contribution >= 4 is 5.91 Å². The highest BCUT2D eigenvalue weighted by atomic mass is 16.2. The first-order valence-electron chi connectivity index (χ1n) is 6.36. The van der Waals surface area contributed by atoms with Crippen LogP contribution in [0.25, 0.3) is 0 Å². The third kappa shape index (κ3) is 2.94. The van der Waals surface area contributed by atoms with Gasteiger partial charge in [-0.3, -0.25) is 4.79 Å². The summed E-state index contributed by atoms with van der Waals surface area (Å²) in [5.74, 6) is 0.349. The highest BCUT2D eigenvalue weighted by Gasteiger charge is 2.32. The summed E-state index contributed by atoms with van der Waals surface area (Å²) in [6.45, 7) is 4.11. The lowest BCUT2D eigenvalue weighted by atomic mass is 10.0. The minimum absolute atomic E-state index is 0.128. The van der Waals surface area contributed by atoms with Crippen LogP contribution in [0.4, 0.5) is 0 Å². The fourth-order valence-electron chi connectivity index (χ4n) is 2.20. The van der Waals surface area contributed by atoms with Crippen LogP contribution >= 0.6 is 0 Å². The predicted molar refractivity (Wildman–Crippen MR) is 60.7 cm³/mol. The highest BCUT2D eigenvalue weighted by molar-refractivity contribution is 5.82. The minimum Gasteiger partial charge on any atom is -0.341 e. The zero-order chi connectivity index (χ0) is 10.7. The van der Waals surface area contributed by atoms with Gasteiger partial charge in [-0.1, -0.05) is 13.3 Å². The van der Waals surface area contributed by atoms with E-state index in [2.05, 4.69) is 12.2 Å². The number of carbonyl (C=O) groups is 1. The van der Waals surface area contributed by atoms with Gasteiger partial charge in [-0.25, -0.2) is 0 Å². The van der Waals surface area contributed by atoms with E-state index in [4.69, 9.17) is 0 Å². The number of hydrogen-bond acceptors (Lipinski definition) is 2. The van der Waals surface area contributed by atoms with Crippen LogP contribution in [0.15, 0.2) is 0 Å². The summed E-state index contributed by atoms with van der Waals surface area (Å²) in [5, 5.41) is 3.46. The van der Waals surface area contributed by atoms with Crippen LogP contribution < -0.4 is 5.32 Å². The third-order valence-electron chi connectivity index (χ3n) is 3.33. The van der Waals surface area contributed by atoms with E-state index >= 15 is 0 Å². The molecule has 1 saturated heterocycles. The molecule has 3 nitrogen and oxygen atoms in total. The molecule has 1 aliphatic heterocycles. The fourth-order valence-corrected chi connectivity index (χ4v) is 2.20. The van der Waals surface area contributed by atoms with Crippen LogP contribution in [0, 0.1) is 0 Å². The van der Waals surface area contributed by atoms with Gasteiger partial charge in [-0.05, 0) is 32.1 Å². The van der Waals surface area contributed by atoms with Gasteiger partial charge >= 0.3 is 0 Å². The Morgan fingerprint density at radius 2 is 2.20 bits per heavy atom. The van der Waals surface area contributed by atoms with Crippen LogP contribution in [0.2, 0.25) is 0 Å². The van der Waals surface area contributed by atoms with Crippen molar-refractivity contribution in [1.82, 2.24) is 10.2 Å². The molecule has 1 saturated carbocycles. The molecule has 2 fully saturated rings. The van der Waals surface area contributed by atoms with Crippen LogP contribution in [0.3, 0.4) is 0 Å². The standard InChI is InChI=1S/C12H22N2O/c1-2-3-8-14-9-4-5-11(12(14)15)13-10-6-7-10/h10-11,13H,2-9H2,1H3. The Morgan fingerprint density at radius 1 is 1.40 bits per heavy atom. The van der Waals surface area contributed by atoms with E-state index in [0.717, 1.165) is 25.9 Å². The second kappa shape index (κ2) is 4.97. The average molecular weight is 210 g/mol. The van der Waals surface area contributed by atoms with Crippen LogP contribution in [-0.4, -0.2) is 36.0 Å². The van der Waals surface area contributed by atoms with E-state index in [1.807, 2.05) is 4.90 Å². The van der Waals surface area contributed by atoms with Crippen molar-refractivity contribution in [3.63, 3.8) is 0 Å². The maximum absolute atomic E-state index is 12.1. The van der Waals surface area contributed by atoms with Crippen LogP contribution in [0.1, 0.15) is 45.4 Å². The number of nitrogens with one attached hydrogen (secondary N) is 1. The number of unbranched alkanes of at least 4 members (excludes halogenated alkanes) is 1. The molecule has 86 valence electrons. The second-order valence-electron chi connectivity index (χ2n) is 4.81. The zero-order valence-electron chi connectivity index (χ0n) is 9.67. The fraction of sp³-hybridized carbons (Fsp3) is 0.917. The number of nitrogens with zero attached hydrogens (tertiary/aromatic N) is 1. The molecule has 1 aliphatic carbocycles. The van der Waals surface area contributed by atoms with Gasteiger partial charge in [0.05, 0.1) is 6.04 Å². The molecule has 0 bridgehead atoms. The highest BCUT2D eigenvalue weighted by Crippen LogP contribution is 2.22. The Morgan fingerprint density at radius 3 is 2.87 bits per heavy atom. The average Bonchev–Trinajstić information content (AvgIpc) is 3.03. The molecule has 2 rings (SSSR count). The summed E-state index contributed by atoms with van der Waals surface area (Å²) in [6.07, 6.45) is 7.04. The largest absolute Gasteiger partial charge is 0.341 e. The minimum atomic E-state index is 0.128. The number of rotatable bonds is 5. The van der Waals surface area contributed by atoms with Crippen LogP contribution in [-0.2, 0) is 4.79 Å². The smallest absolute Gasteiger partial charge is 0.239 e. The Balaban J connectivity index is 1.81. The van der Waals surface area contributed by atoms with Gasteiger partial charge in [-0.15, -0.1) is 0 Å². The summed E-state index contributed by atoms with van der Waals surface area (Å²) in [6, 6.07) is 0.771. The van der Waals surface area contributed by atoms with Crippen molar-refractivity contribution in [2.45, 2.75) is 57.5 Å². The second-order valence-corrected chi connectivity index (χ2v) is 4.81. The molecule has 0 radical (unpaired) electrons. The molecule has 1 atom stereocenters.